The number of hydrogen-bond donors (Lipinski definition) is 2. The normalized spacial score (nSPS) is 13.2. The molecule has 1 heterocycles. The summed E-state index contributed by atoms with van der Waals surface area (Å²) < 4.78 is 5.30. The van der Waals surface area contributed by atoms with Crippen molar-refractivity contribution in [3.05, 3.63) is 18.0 Å². The molecule has 106 valence electrons. The molecule has 0 fully saturated rings. The number of nitrogens with one attached hydrogen (secondary N) is 2. The van der Waals surface area contributed by atoms with E-state index in [1.54, 1.807) is 20.8 Å². The second-order valence-corrected chi connectivity index (χ2v) is 5.72. The average Bonchev–Trinajstić information content (AvgIpc) is 2.75. The van der Waals surface area contributed by atoms with E-state index < -0.39 is 17.6 Å². The Morgan fingerprint density at radius 2 is 2.00 bits per heavy atom. The van der Waals surface area contributed by atoms with Gasteiger partial charge >= 0.3 is 5.97 Å². The Kier molecular flexibility index (Phi) is 4.69. The van der Waals surface area contributed by atoms with Crippen LogP contribution < -0.4 is 5.32 Å². The number of ether oxygens (including phenoxy) is 1. The van der Waals surface area contributed by atoms with E-state index in [1.807, 2.05) is 13.8 Å². The molecule has 19 heavy (non-hydrogen) atoms. The van der Waals surface area contributed by atoms with E-state index in [2.05, 4.69) is 15.5 Å². The maximum Gasteiger partial charge on any atom is 0.329 e. The molecular weight excluding hydrogens is 246 g/mol. The Labute approximate surface area is 112 Å². The van der Waals surface area contributed by atoms with E-state index in [9.17, 15) is 9.59 Å². The Hall–Kier alpha value is -1.85. The number of carbonyl (C=O) groups is 2. The van der Waals surface area contributed by atoms with Crippen molar-refractivity contribution in [1.29, 1.82) is 0 Å². The first-order valence-electron chi connectivity index (χ1n) is 6.23. The van der Waals surface area contributed by atoms with Gasteiger partial charge in [-0.15, -0.1) is 0 Å². The van der Waals surface area contributed by atoms with Crippen LogP contribution in [0.4, 0.5) is 0 Å². The van der Waals surface area contributed by atoms with Crippen molar-refractivity contribution in [3.63, 3.8) is 0 Å². The minimum Gasteiger partial charge on any atom is -0.458 e. The number of esters is 1. The zero-order valence-electron chi connectivity index (χ0n) is 12.0. The van der Waals surface area contributed by atoms with E-state index in [-0.39, 0.29) is 11.8 Å². The molecule has 0 saturated carbocycles. The van der Waals surface area contributed by atoms with Gasteiger partial charge in [-0.2, -0.15) is 5.10 Å². The quantitative estimate of drug-likeness (QED) is 0.810. The number of nitrogens with zero attached hydrogens (tertiary/aromatic N) is 1. The van der Waals surface area contributed by atoms with Crippen molar-refractivity contribution in [2.24, 2.45) is 5.92 Å². The summed E-state index contributed by atoms with van der Waals surface area (Å²) in [7, 11) is 0. The van der Waals surface area contributed by atoms with Gasteiger partial charge in [0.15, 0.2) is 0 Å². The zero-order valence-corrected chi connectivity index (χ0v) is 12.0. The van der Waals surface area contributed by atoms with Gasteiger partial charge in [-0.3, -0.25) is 9.89 Å². The predicted molar refractivity (Wildman–Crippen MR) is 70.5 cm³/mol. The van der Waals surface area contributed by atoms with Crippen LogP contribution in [0.3, 0.4) is 0 Å². The molecule has 1 aromatic rings. The molecule has 1 amide bonds. The summed E-state index contributed by atoms with van der Waals surface area (Å²) in [6.45, 7) is 9.08. The van der Waals surface area contributed by atoms with E-state index in [4.69, 9.17) is 4.74 Å². The molecule has 6 heteroatoms. The number of aromatic amines is 1. The zero-order chi connectivity index (χ0) is 14.6. The minimum absolute atomic E-state index is 0.0642. The van der Waals surface area contributed by atoms with Crippen LogP contribution in [0.2, 0.25) is 0 Å². The van der Waals surface area contributed by atoms with Crippen molar-refractivity contribution >= 4 is 11.9 Å². The van der Waals surface area contributed by atoms with Crippen molar-refractivity contribution in [3.8, 4) is 0 Å². The van der Waals surface area contributed by atoms with Crippen molar-refractivity contribution in [2.75, 3.05) is 0 Å². The number of carbonyl (C=O) groups excluding carboxylic acids is 2. The van der Waals surface area contributed by atoms with Gasteiger partial charge < -0.3 is 10.1 Å². The molecule has 1 rings (SSSR count). The van der Waals surface area contributed by atoms with Crippen LogP contribution in [0.15, 0.2) is 12.4 Å². The fraction of sp³-hybridized carbons (Fsp3) is 0.615. The van der Waals surface area contributed by atoms with Crippen molar-refractivity contribution in [2.45, 2.75) is 46.3 Å². The maximum atomic E-state index is 12.0. The third kappa shape index (κ3) is 4.73. The third-order valence-electron chi connectivity index (χ3n) is 2.37. The smallest absolute Gasteiger partial charge is 0.329 e. The molecule has 2 N–H and O–H groups in total. The molecule has 0 aliphatic rings. The summed E-state index contributed by atoms with van der Waals surface area (Å²) in [5, 5.41) is 8.92. The SMILES string of the molecule is CC(C)[C@H](NC(=O)c1cn[nH]c1)C(=O)OC(C)(C)C. The highest BCUT2D eigenvalue weighted by atomic mass is 16.6. The molecule has 1 aromatic heterocycles. The minimum atomic E-state index is -0.679. The lowest BCUT2D eigenvalue weighted by Gasteiger charge is -2.26. The first kappa shape index (κ1) is 15.2. The Morgan fingerprint density at radius 3 is 2.42 bits per heavy atom. The molecule has 0 aliphatic heterocycles. The van der Waals surface area contributed by atoms with E-state index >= 15 is 0 Å². The van der Waals surface area contributed by atoms with Crippen LogP contribution >= 0.6 is 0 Å². The number of H-pyrrole nitrogens is 1. The number of rotatable bonds is 4. The molecule has 0 bridgehead atoms. The number of aromatic nitrogens is 2. The maximum absolute atomic E-state index is 12.0. The average molecular weight is 267 g/mol. The standard InChI is InChI=1S/C13H21N3O3/c1-8(2)10(12(18)19-13(3,4)5)16-11(17)9-6-14-15-7-9/h6-8,10H,1-5H3,(H,14,15)(H,16,17)/t10-/m0/s1. The molecule has 0 aliphatic carbocycles. The fourth-order valence-electron chi connectivity index (χ4n) is 1.46. The van der Waals surface area contributed by atoms with Crippen LogP contribution in [-0.2, 0) is 9.53 Å². The van der Waals surface area contributed by atoms with E-state index in [0.29, 0.717) is 5.56 Å². The van der Waals surface area contributed by atoms with Crippen LogP contribution in [0.1, 0.15) is 45.0 Å². The van der Waals surface area contributed by atoms with Gasteiger partial charge in [-0.25, -0.2) is 4.79 Å². The Morgan fingerprint density at radius 1 is 1.37 bits per heavy atom. The third-order valence-corrected chi connectivity index (χ3v) is 2.37. The summed E-state index contributed by atoms with van der Waals surface area (Å²) in [6, 6.07) is -0.679. The lowest BCUT2D eigenvalue weighted by molar-refractivity contribution is -0.158. The summed E-state index contributed by atoms with van der Waals surface area (Å²) in [5.41, 5.74) is -0.195. The highest BCUT2D eigenvalue weighted by Crippen LogP contribution is 2.12. The van der Waals surface area contributed by atoms with Crippen molar-refractivity contribution in [1.82, 2.24) is 15.5 Å². The van der Waals surface area contributed by atoms with Crippen molar-refractivity contribution < 1.29 is 14.3 Å². The summed E-state index contributed by atoms with van der Waals surface area (Å²) in [4.78, 5) is 24.0. The second-order valence-electron chi connectivity index (χ2n) is 5.72. The summed E-state index contributed by atoms with van der Waals surface area (Å²) in [6.07, 6.45) is 2.88. The highest BCUT2D eigenvalue weighted by molar-refractivity contribution is 5.96. The molecule has 0 aromatic carbocycles. The predicted octanol–water partition coefficient (Wildman–Crippen LogP) is 1.51. The topological polar surface area (TPSA) is 84.1 Å². The highest BCUT2D eigenvalue weighted by Gasteiger charge is 2.29. The Balaban J connectivity index is 2.73. The molecular formula is C13H21N3O3. The Bertz CT molecular complexity index is 432. The molecule has 0 radical (unpaired) electrons. The van der Waals surface area contributed by atoms with Gasteiger partial charge in [0.05, 0.1) is 11.8 Å². The monoisotopic (exact) mass is 267 g/mol. The molecule has 6 nitrogen and oxygen atoms in total. The first-order valence-corrected chi connectivity index (χ1v) is 6.23. The molecule has 0 saturated heterocycles. The largest absolute Gasteiger partial charge is 0.458 e. The second kappa shape index (κ2) is 5.86. The van der Waals surface area contributed by atoms with Gasteiger partial charge in [0.1, 0.15) is 11.6 Å². The number of hydrogen-bond acceptors (Lipinski definition) is 4. The van der Waals surface area contributed by atoms with Gasteiger partial charge in [0, 0.05) is 6.20 Å². The lowest BCUT2D eigenvalue weighted by Crippen LogP contribution is -2.47. The van der Waals surface area contributed by atoms with Crippen LogP contribution in [0, 0.1) is 5.92 Å². The summed E-state index contributed by atoms with van der Waals surface area (Å²) in [5.74, 6) is -0.844. The molecule has 0 spiro atoms. The fourth-order valence-corrected chi connectivity index (χ4v) is 1.46. The lowest BCUT2D eigenvalue weighted by atomic mass is 10.0. The van der Waals surface area contributed by atoms with Gasteiger partial charge in [-0.05, 0) is 26.7 Å². The first-order chi connectivity index (χ1) is 8.70. The van der Waals surface area contributed by atoms with Crippen LogP contribution in [0.25, 0.3) is 0 Å². The van der Waals surface area contributed by atoms with Gasteiger partial charge in [0.25, 0.3) is 5.91 Å². The molecule has 0 unspecified atom stereocenters. The number of amides is 1. The molecule has 1 atom stereocenters. The van der Waals surface area contributed by atoms with Crippen LogP contribution in [0.5, 0.6) is 0 Å². The van der Waals surface area contributed by atoms with E-state index in [1.165, 1.54) is 12.4 Å². The summed E-state index contributed by atoms with van der Waals surface area (Å²) >= 11 is 0. The van der Waals surface area contributed by atoms with Gasteiger partial charge in [-0.1, -0.05) is 13.8 Å². The van der Waals surface area contributed by atoms with E-state index in [0.717, 1.165) is 0 Å². The van der Waals surface area contributed by atoms with Crippen LogP contribution in [-0.4, -0.2) is 33.7 Å². The van der Waals surface area contributed by atoms with Gasteiger partial charge in [0.2, 0.25) is 0 Å².